The number of rotatable bonds is 0. The molecule has 0 aromatic heterocycles. The molecule has 1 saturated heterocycles. The van der Waals surface area contributed by atoms with Crippen molar-refractivity contribution in [2.45, 2.75) is 65.0 Å². The van der Waals surface area contributed by atoms with Crippen molar-refractivity contribution in [3.63, 3.8) is 0 Å². The molecule has 0 amide bonds. The standard InChI is InChI=1S/C20H31N/c1-20(2,3)14-9-10-18-16(12-14)17-11-13-7-5-6-8-15(13)19(17)21(18)4/h5-7,14-19H,8-12H2,1-4H3/t14-,15?,16?,17?,18?,19?/m1/s1. The fourth-order valence-electron chi connectivity index (χ4n) is 6.11. The molecule has 3 aliphatic carbocycles. The molecule has 1 heteroatoms. The zero-order valence-electron chi connectivity index (χ0n) is 14.2. The van der Waals surface area contributed by atoms with Gasteiger partial charge in [0.1, 0.15) is 0 Å². The summed E-state index contributed by atoms with van der Waals surface area (Å²) in [6, 6.07) is 1.72. The minimum Gasteiger partial charge on any atom is -0.299 e. The van der Waals surface area contributed by atoms with Crippen LogP contribution in [0.15, 0.2) is 23.8 Å². The van der Waals surface area contributed by atoms with Gasteiger partial charge < -0.3 is 0 Å². The predicted molar refractivity (Wildman–Crippen MR) is 89.1 cm³/mol. The summed E-state index contributed by atoms with van der Waals surface area (Å²) in [7, 11) is 2.43. The molecule has 1 heterocycles. The van der Waals surface area contributed by atoms with Gasteiger partial charge in [-0.1, -0.05) is 44.6 Å². The normalized spacial score (nSPS) is 46.0. The van der Waals surface area contributed by atoms with E-state index >= 15 is 0 Å². The van der Waals surface area contributed by atoms with E-state index in [0.717, 1.165) is 35.8 Å². The minimum absolute atomic E-state index is 0.494. The highest BCUT2D eigenvalue weighted by molar-refractivity contribution is 5.30. The number of likely N-dealkylation sites (tertiary alicyclic amines) is 1. The van der Waals surface area contributed by atoms with E-state index in [1.807, 2.05) is 0 Å². The van der Waals surface area contributed by atoms with Crippen LogP contribution in [0.1, 0.15) is 52.9 Å². The second-order valence-electron chi connectivity index (χ2n) is 9.14. The molecule has 0 N–H and O–H groups in total. The van der Waals surface area contributed by atoms with Gasteiger partial charge in [0.2, 0.25) is 0 Å². The second-order valence-corrected chi connectivity index (χ2v) is 9.14. The lowest BCUT2D eigenvalue weighted by Crippen LogP contribution is -2.41. The van der Waals surface area contributed by atoms with Crippen LogP contribution in [-0.2, 0) is 0 Å². The number of allylic oxidation sites excluding steroid dienone is 3. The van der Waals surface area contributed by atoms with Crippen molar-refractivity contribution in [1.82, 2.24) is 4.90 Å². The van der Waals surface area contributed by atoms with E-state index in [0.29, 0.717) is 5.41 Å². The molecule has 0 bridgehead atoms. The third-order valence-electron chi connectivity index (χ3n) is 7.26. The first kappa shape index (κ1) is 14.1. The van der Waals surface area contributed by atoms with Crippen LogP contribution >= 0.6 is 0 Å². The Bertz CT molecular complexity index is 481. The highest BCUT2D eigenvalue weighted by Crippen LogP contribution is 2.57. The number of hydrogen-bond donors (Lipinski definition) is 0. The maximum Gasteiger partial charge on any atom is 0.0198 e. The van der Waals surface area contributed by atoms with Crippen LogP contribution < -0.4 is 0 Å². The molecule has 0 radical (unpaired) electrons. The van der Waals surface area contributed by atoms with E-state index in [-0.39, 0.29) is 0 Å². The fourth-order valence-corrected chi connectivity index (χ4v) is 6.11. The summed E-state index contributed by atoms with van der Waals surface area (Å²) in [6.07, 6.45) is 14.2. The molecule has 1 nitrogen and oxygen atoms in total. The Morgan fingerprint density at radius 1 is 1.14 bits per heavy atom. The molecule has 1 aliphatic heterocycles. The van der Waals surface area contributed by atoms with Crippen molar-refractivity contribution in [2.75, 3.05) is 7.05 Å². The Morgan fingerprint density at radius 3 is 2.71 bits per heavy atom. The monoisotopic (exact) mass is 285 g/mol. The van der Waals surface area contributed by atoms with E-state index < -0.39 is 0 Å². The van der Waals surface area contributed by atoms with Gasteiger partial charge in [-0.25, -0.2) is 0 Å². The third kappa shape index (κ3) is 2.07. The first-order chi connectivity index (χ1) is 9.97. The van der Waals surface area contributed by atoms with Gasteiger partial charge in [-0.2, -0.15) is 0 Å². The van der Waals surface area contributed by atoms with Gasteiger partial charge in [-0.05, 0) is 68.2 Å². The van der Waals surface area contributed by atoms with Crippen LogP contribution in [0, 0.1) is 29.1 Å². The van der Waals surface area contributed by atoms with Gasteiger partial charge >= 0.3 is 0 Å². The van der Waals surface area contributed by atoms with Crippen molar-refractivity contribution in [2.24, 2.45) is 29.1 Å². The first-order valence-corrected chi connectivity index (χ1v) is 9.04. The Kier molecular flexibility index (Phi) is 3.16. The molecule has 0 aromatic rings. The van der Waals surface area contributed by atoms with E-state index in [4.69, 9.17) is 0 Å². The molecule has 21 heavy (non-hydrogen) atoms. The Balaban J connectivity index is 1.60. The highest BCUT2D eigenvalue weighted by atomic mass is 15.2. The highest BCUT2D eigenvalue weighted by Gasteiger charge is 2.56. The van der Waals surface area contributed by atoms with Gasteiger partial charge in [0, 0.05) is 12.1 Å². The number of hydrogen-bond acceptors (Lipinski definition) is 1. The maximum absolute atomic E-state index is 2.80. The number of nitrogens with zero attached hydrogens (tertiary/aromatic N) is 1. The average molecular weight is 285 g/mol. The molecular weight excluding hydrogens is 254 g/mol. The van der Waals surface area contributed by atoms with Crippen LogP contribution in [0.5, 0.6) is 0 Å². The molecule has 5 unspecified atom stereocenters. The second kappa shape index (κ2) is 4.72. The number of fused-ring (bicyclic) bond motifs is 5. The van der Waals surface area contributed by atoms with E-state index in [1.165, 1.54) is 32.1 Å². The van der Waals surface area contributed by atoms with E-state index in [9.17, 15) is 0 Å². The van der Waals surface area contributed by atoms with Crippen molar-refractivity contribution < 1.29 is 0 Å². The van der Waals surface area contributed by atoms with Crippen molar-refractivity contribution in [3.8, 4) is 0 Å². The Labute approximate surface area is 130 Å². The van der Waals surface area contributed by atoms with Gasteiger partial charge in [-0.15, -0.1) is 0 Å². The first-order valence-electron chi connectivity index (χ1n) is 9.04. The summed E-state index contributed by atoms with van der Waals surface area (Å²) in [5.74, 6) is 3.68. The summed E-state index contributed by atoms with van der Waals surface area (Å²) in [4.78, 5) is 2.80. The van der Waals surface area contributed by atoms with Crippen molar-refractivity contribution in [1.29, 1.82) is 0 Å². The van der Waals surface area contributed by atoms with Gasteiger partial charge in [0.05, 0.1) is 0 Å². The zero-order valence-corrected chi connectivity index (χ0v) is 14.2. The molecule has 4 rings (SSSR count). The molecular formula is C20H31N. The summed E-state index contributed by atoms with van der Waals surface area (Å²) in [5, 5.41) is 0. The van der Waals surface area contributed by atoms with Gasteiger partial charge in [-0.3, -0.25) is 4.90 Å². The van der Waals surface area contributed by atoms with Crippen LogP contribution in [0.2, 0.25) is 0 Å². The smallest absolute Gasteiger partial charge is 0.0198 e. The van der Waals surface area contributed by atoms with E-state index in [2.05, 4.69) is 50.9 Å². The van der Waals surface area contributed by atoms with Gasteiger partial charge in [0.25, 0.3) is 0 Å². The lowest BCUT2D eigenvalue weighted by atomic mass is 9.65. The minimum atomic E-state index is 0.494. The molecule has 116 valence electrons. The van der Waals surface area contributed by atoms with E-state index in [1.54, 1.807) is 5.57 Å². The average Bonchev–Trinajstić information content (AvgIpc) is 2.95. The quantitative estimate of drug-likeness (QED) is 0.626. The SMILES string of the molecule is CN1C2CC[C@@H](C(C)(C)C)CC2C2CC3=CC=CCC3C21. The largest absolute Gasteiger partial charge is 0.299 e. The van der Waals surface area contributed by atoms with Gasteiger partial charge in [0.15, 0.2) is 0 Å². The van der Waals surface area contributed by atoms with Crippen LogP contribution in [-0.4, -0.2) is 24.0 Å². The molecule has 4 aliphatic rings. The Morgan fingerprint density at radius 2 is 1.95 bits per heavy atom. The molecule has 6 atom stereocenters. The summed E-state index contributed by atoms with van der Waals surface area (Å²) < 4.78 is 0. The van der Waals surface area contributed by atoms with Crippen LogP contribution in [0.3, 0.4) is 0 Å². The lowest BCUT2D eigenvalue weighted by Gasteiger charge is -2.42. The van der Waals surface area contributed by atoms with Crippen LogP contribution in [0.25, 0.3) is 0 Å². The summed E-state index contributed by atoms with van der Waals surface area (Å²) >= 11 is 0. The third-order valence-corrected chi connectivity index (χ3v) is 7.26. The molecule has 0 spiro atoms. The van der Waals surface area contributed by atoms with Crippen molar-refractivity contribution >= 4 is 0 Å². The molecule has 0 aromatic carbocycles. The summed E-state index contributed by atoms with van der Waals surface area (Å²) in [6.45, 7) is 7.36. The fraction of sp³-hybridized carbons (Fsp3) is 0.800. The topological polar surface area (TPSA) is 3.24 Å². The Hall–Kier alpha value is -0.560. The lowest BCUT2D eigenvalue weighted by molar-refractivity contribution is 0.0894. The zero-order chi connectivity index (χ0) is 14.8. The summed E-state index contributed by atoms with van der Waals surface area (Å²) in [5.41, 5.74) is 2.25. The van der Waals surface area contributed by atoms with Crippen LogP contribution in [0.4, 0.5) is 0 Å². The predicted octanol–water partition coefficient (Wildman–Crippen LogP) is 4.65. The molecule has 3 fully saturated rings. The molecule has 2 saturated carbocycles. The van der Waals surface area contributed by atoms with Crippen molar-refractivity contribution in [3.05, 3.63) is 23.8 Å². The maximum atomic E-state index is 2.80.